The molecule has 12 heteroatoms. The molecule has 0 unspecified atom stereocenters. The van der Waals surface area contributed by atoms with Crippen molar-refractivity contribution in [1.29, 1.82) is 0 Å². The van der Waals surface area contributed by atoms with E-state index in [9.17, 15) is 36.2 Å². The summed E-state index contributed by atoms with van der Waals surface area (Å²) in [5.74, 6) is -0.225. The van der Waals surface area contributed by atoms with Crippen LogP contribution >= 0.6 is 11.6 Å². The molecule has 2 aromatic carbocycles. The molecule has 2 fully saturated rings. The van der Waals surface area contributed by atoms with Gasteiger partial charge in [-0.1, -0.05) is 11.6 Å². The van der Waals surface area contributed by atoms with Crippen LogP contribution in [0, 0.1) is 0 Å². The van der Waals surface area contributed by atoms with Crippen LogP contribution in [0.5, 0.6) is 0 Å². The van der Waals surface area contributed by atoms with E-state index in [0.717, 1.165) is 12.1 Å². The number of piperazine rings is 1. The van der Waals surface area contributed by atoms with Gasteiger partial charge in [0, 0.05) is 56.4 Å². The molecule has 1 amide bonds. The van der Waals surface area contributed by atoms with E-state index in [1.807, 2.05) is 4.90 Å². The van der Waals surface area contributed by atoms with E-state index in [1.165, 1.54) is 0 Å². The first-order valence-corrected chi connectivity index (χ1v) is 11.7. The highest BCUT2D eigenvalue weighted by molar-refractivity contribution is 6.30. The summed E-state index contributed by atoms with van der Waals surface area (Å²) in [5, 5.41) is 11.1. The number of alkyl halides is 6. The minimum absolute atomic E-state index is 0.0603. The SMILES string of the molecule is O=C(c1ccc(Cl)cc1)N1C[C@H](O)[C@@H](N2CCN(Cc3cc(C(F)(F)F)cc(C(F)(F)F)c3)CC2)C1. The zero-order valence-electron chi connectivity index (χ0n) is 19.0. The molecule has 2 aliphatic rings. The number of aliphatic hydroxyl groups is 1. The topological polar surface area (TPSA) is 47.0 Å². The maximum atomic E-state index is 13.1. The lowest BCUT2D eigenvalue weighted by Crippen LogP contribution is -2.53. The Kier molecular flexibility index (Phi) is 7.57. The predicted octanol–water partition coefficient (Wildman–Crippen LogP) is 4.38. The Morgan fingerprint density at radius 1 is 0.889 bits per heavy atom. The second-order valence-corrected chi connectivity index (χ2v) is 9.51. The van der Waals surface area contributed by atoms with Crippen molar-refractivity contribution in [2.75, 3.05) is 39.3 Å². The third kappa shape index (κ3) is 6.13. The highest BCUT2D eigenvalue weighted by atomic mass is 35.5. The highest BCUT2D eigenvalue weighted by Crippen LogP contribution is 2.36. The minimum atomic E-state index is -4.89. The number of hydrogen-bond donors (Lipinski definition) is 1. The highest BCUT2D eigenvalue weighted by Gasteiger charge is 2.40. The van der Waals surface area contributed by atoms with Crippen molar-refractivity contribution in [3.63, 3.8) is 0 Å². The zero-order chi connectivity index (χ0) is 26.3. The Labute approximate surface area is 208 Å². The van der Waals surface area contributed by atoms with Crippen molar-refractivity contribution in [2.24, 2.45) is 0 Å². The fourth-order valence-corrected chi connectivity index (χ4v) is 4.82. The molecule has 5 nitrogen and oxygen atoms in total. The second kappa shape index (κ2) is 10.2. The Morgan fingerprint density at radius 2 is 1.44 bits per heavy atom. The van der Waals surface area contributed by atoms with Crippen molar-refractivity contribution in [1.82, 2.24) is 14.7 Å². The van der Waals surface area contributed by atoms with Crippen LogP contribution in [0.15, 0.2) is 42.5 Å². The summed E-state index contributed by atoms with van der Waals surface area (Å²) in [4.78, 5) is 18.1. The molecular formula is C24H24ClF6N3O2. The molecule has 2 heterocycles. The van der Waals surface area contributed by atoms with Crippen molar-refractivity contribution in [3.05, 3.63) is 69.7 Å². The Hall–Kier alpha value is -2.34. The van der Waals surface area contributed by atoms with Gasteiger partial charge in [0.15, 0.2) is 0 Å². The van der Waals surface area contributed by atoms with Crippen LogP contribution in [0.25, 0.3) is 0 Å². The number of halogens is 7. The van der Waals surface area contributed by atoms with Crippen molar-refractivity contribution in [3.8, 4) is 0 Å². The normalized spacial score (nSPS) is 22.3. The lowest BCUT2D eigenvalue weighted by atomic mass is 10.0. The van der Waals surface area contributed by atoms with Crippen LogP contribution in [-0.2, 0) is 18.9 Å². The number of likely N-dealkylation sites (tertiary alicyclic amines) is 1. The van der Waals surface area contributed by atoms with Gasteiger partial charge < -0.3 is 10.0 Å². The van der Waals surface area contributed by atoms with Crippen LogP contribution < -0.4 is 0 Å². The average molecular weight is 536 g/mol. The number of aliphatic hydroxyl groups excluding tert-OH is 1. The van der Waals surface area contributed by atoms with Gasteiger partial charge in [-0.25, -0.2) is 0 Å². The summed E-state index contributed by atoms with van der Waals surface area (Å²) in [6, 6.07) is 7.77. The maximum absolute atomic E-state index is 13.1. The van der Waals surface area contributed by atoms with Gasteiger partial charge in [-0.15, -0.1) is 0 Å². The third-order valence-corrected chi connectivity index (χ3v) is 6.82. The van der Waals surface area contributed by atoms with Crippen molar-refractivity contribution < 1.29 is 36.2 Å². The fraction of sp³-hybridized carbons (Fsp3) is 0.458. The van der Waals surface area contributed by atoms with E-state index in [-0.39, 0.29) is 36.7 Å². The Balaban J connectivity index is 1.37. The molecule has 2 atom stereocenters. The van der Waals surface area contributed by atoms with Gasteiger partial charge >= 0.3 is 12.4 Å². The quantitative estimate of drug-likeness (QED) is 0.590. The molecule has 4 rings (SSSR count). The Bertz CT molecular complexity index is 1050. The van der Waals surface area contributed by atoms with Crippen LogP contribution in [-0.4, -0.2) is 77.1 Å². The monoisotopic (exact) mass is 535 g/mol. The number of nitrogens with zero attached hydrogens (tertiary/aromatic N) is 3. The van der Waals surface area contributed by atoms with Gasteiger partial charge in [0.05, 0.1) is 23.3 Å². The Morgan fingerprint density at radius 3 is 1.97 bits per heavy atom. The summed E-state index contributed by atoms with van der Waals surface area (Å²) < 4.78 is 78.9. The molecule has 2 aromatic rings. The summed E-state index contributed by atoms with van der Waals surface area (Å²) in [6.07, 6.45) is -10.5. The van der Waals surface area contributed by atoms with Gasteiger partial charge in [-0.3, -0.25) is 14.6 Å². The summed E-state index contributed by atoms with van der Waals surface area (Å²) in [5.41, 5.74) is -2.27. The lowest BCUT2D eigenvalue weighted by molar-refractivity contribution is -0.143. The van der Waals surface area contributed by atoms with E-state index in [0.29, 0.717) is 43.3 Å². The van der Waals surface area contributed by atoms with E-state index < -0.39 is 29.6 Å². The molecule has 0 saturated carbocycles. The van der Waals surface area contributed by atoms with Gasteiger partial charge in [-0.2, -0.15) is 26.3 Å². The predicted molar refractivity (Wildman–Crippen MR) is 120 cm³/mol. The first kappa shape index (κ1) is 26.7. The molecule has 0 spiro atoms. The smallest absolute Gasteiger partial charge is 0.390 e. The average Bonchev–Trinajstić information content (AvgIpc) is 3.20. The fourth-order valence-electron chi connectivity index (χ4n) is 4.69. The summed E-state index contributed by atoms with van der Waals surface area (Å²) >= 11 is 5.87. The number of carbonyl (C=O) groups is 1. The second-order valence-electron chi connectivity index (χ2n) is 9.08. The van der Waals surface area contributed by atoms with Crippen LogP contribution in [0.2, 0.25) is 5.02 Å². The minimum Gasteiger partial charge on any atom is -0.390 e. The van der Waals surface area contributed by atoms with E-state index in [1.54, 1.807) is 34.1 Å². The largest absolute Gasteiger partial charge is 0.416 e. The van der Waals surface area contributed by atoms with E-state index in [4.69, 9.17) is 11.6 Å². The van der Waals surface area contributed by atoms with Crippen LogP contribution in [0.1, 0.15) is 27.0 Å². The molecule has 0 aromatic heterocycles. The first-order chi connectivity index (χ1) is 16.8. The first-order valence-electron chi connectivity index (χ1n) is 11.3. The van der Waals surface area contributed by atoms with Gasteiger partial charge in [-0.05, 0) is 48.0 Å². The molecule has 1 N–H and O–H groups in total. The summed E-state index contributed by atoms with van der Waals surface area (Å²) in [7, 11) is 0. The van der Waals surface area contributed by atoms with E-state index in [2.05, 4.69) is 0 Å². The van der Waals surface area contributed by atoms with Gasteiger partial charge in [0.25, 0.3) is 5.91 Å². The number of rotatable bonds is 4. The molecule has 2 aliphatic heterocycles. The molecule has 0 aliphatic carbocycles. The zero-order valence-corrected chi connectivity index (χ0v) is 19.7. The van der Waals surface area contributed by atoms with Crippen LogP contribution in [0.4, 0.5) is 26.3 Å². The van der Waals surface area contributed by atoms with Gasteiger partial charge in [0.2, 0.25) is 0 Å². The number of amides is 1. The maximum Gasteiger partial charge on any atom is 0.416 e. The number of hydrogen-bond acceptors (Lipinski definition) is 4. The van der Waals surface area contributed by atoms with E-state index >= 15 is 0 Å². The third-order valence-electron chi connectivity index (χ3n) is 6.57. The standard InChI is InChI=1S/C24H24ClF6N3O2/c25-19-3-1-16(2-4-19)22(36)34-13-20(21(35)14-34)33-7-5-32(6-8-33)12-15-9-17(23(26,27)28)11-18(10-15)24(29,30)31/h1-4,9-11,20-21,35H,5-8,12-14H2/t20-,21-/m0/s1. The molecular weight excluding hydrogens is 512 g/mol. The number of carbonyl (C=O) groups excluding carboxylic acids is 1. The van der Waals surface area contributed by atoms with Crippen molar-refractivity contribution >= 4 is 17.5 Å². The molecule has 0 bridgehead atoms. The summed E-state index contributed by atoms with van der Waals surface area (Å²) in [6.45, 7) is 2.11. The molecule has 36 heavy (non-hydrogen) atoms. The molecule has 0 radical (unpaired) electrons. The molecule has 196 valence electrons. The van der Waals surface area contributed by atoms with Crippen molar-refractivity contribution in [2.45, 2.75) is 31.0 Å². The molecule has 2 saturated heterocycles. The van der Waals surface area contributed by atoms with Crippen LogP contribution in [0.3, 0.4) is 0 Å². The lowest BCUT2D eigenvalue weighted by Gasteiger charge is -2.38. The van der Waals surface area contributed by atoms with Gasteiger partial charge in [0.1, 0.15) is 0 Å². The number of β-amino-alcohol motifs (C(OH)–C–C–N with tert-alkyl or cyclic N) is 1. The number of benzene rings is 2.